The molecule has 1 saturated heterocycles. The van der Waals surface area contributed by atoms with Crippen LogP contribution in [0.4, 0.5) is 17.1 Å². The van der Waals surface area contributed by atoms with Crippen molar-refractivity contribution in [3.63, 3.8) is 0 Å². The zero-order valence-electron chi connectivity index (χ0n) is 29.3. The molecule has 1 aliphatic rings. The van der Waals surface area contributed by atoms with E-state index >= 15 is 0 Å². The molecule has 3 aromatic heterocycles. The number of fused-ring (bicyclic) bond motifs is 1. The maximum Gasteiger partial charge on any atom is 0.255 e. The number of benzene rings is 2. The number of carbonyl (C=O) groups is 1. The smallest absolute Gasteiger partial charge is 0.255 e. The second-order valence-corrected chi connectivity index (χ2v) is 13.5. The van der Waals surface area contributed by atoms with Gasteiger partial charge in [0.25, 0.3) is 5.91 Å². The normalized spacial score (nSPS) is 13.9. The van der Waals surface area contributed by atoms with Crippen LogP contribution < -0.4 is 10.6 Å². The van der Waals surface area contributed by atoms with Crippen molar-refractivity contribution in [2.45, 2.75) is 39.7 Å². The number of aryl methyl sites for hydroxylation is 3. The number of β-amino-alcohol motifs (C(OH)–C–C–N with tert-alkyl or cyclic N) is 1. The van der Waals surface area contributed by atoms with E-state index in [0.29, 0.717) is 24.3 Å². The van der Waals surface area contributed by atoms with Crippen LogP contribution in [-0.4, -0.2) is 79.3 Å². The highest BCUT2D eigenvalue weighted by Crippen LogP contribution is 2.29. The number of nitriles is 1. The number of hydrogen-bond donors (Lipinski definition) is 3. The number of pyridine rings is 1. The number of aliphatic hydroxyl groups excluding tert-OH is 1. The average molecular weight is 670 g/mol. The monoisotopic (exact) mass is 669 g/mol. The van der Waals surface area contributed by atoms with Gasteiger partial charge in [-0.25, -0.2) is 4.98 Å². The number of nitrogens with one attached hydrogen (secondary N) is 2. The van der Waals surface area contributed by atoms with Crippen LogP contribution in [0.25, 0.3) is 5.65 Å². The highest BCUT2D eigenvalue weighted by Gasteiger charge is 2.23. The summed E-state index contributed by atoms with van der Waals surface area (Å²) in [6.45, 7) is 12.8. The average Bonchev–Trinajstić information content (AvgIpc) is 3.71. The first-order valence-corrected chi connectivity index (χ1v) is 16.8. The van der Waals surface area contributed by atoms with Gasteiger partial charge in [0.2, 0.25) is 0 Å². The predicted octanol–water partition coefficient (Wildman–Crippen LogP) is 4.99. The number of aliphatic hydroxyl groups is 1. The van der Waals surface area contributed by atoms with Gasteiger partial charge < -0.3 is 15.7 Å². The Bertz CT molecular complexity index is 2140. The number of rotatable bonds is 9. The van der Waals surface area contributed by atoms with Crippen LogP contribution in [0.15, 0.2) is 67.3 Å². The Labute approximate surface area is 293 Å². The highest BCUT2D eigenvalue weighted by atomic mass is 16.3. The molecule has 1 fully saturated rings. The second-order valence-electron chi connectivity index (χ2n) is 13.5. The molecule has 0 atom stereocenters. The van der Waals surface area contributed by atoms with Crippen LogP contribution in [-0.2, 0) is 19.0 Å². The lowest BCUT2D eigenvalue weighted by atomic mass is 9.85. The fourth-order valence-electron chi connectivity index (χ4n) is 6.26. The van der Waals surface area contributed by atoms with Gasteiger partial charge in [-0.2, -0.15) is 10.4 Å². The molecule has 5 aromatic rings. The number of anilines is 3. The van der Waals surface area contributed by atoms with Gasteiger partial charge in [-0.1, -0.05) is 18.1 Å². The van der Waals surface area contributed by atoms with Gasteiger partial charge in [-0.05, 0) is 86.2 Å². The number of piperazine rings is 1. The number of imidazole rings is 1. The Kier molecular flexibility index (Phi) is 10.0. The van der Waals surface area contributed by atoms with E-state index in [-0.39, 0.29) is 12.5 Å². The number of aromatic nitrogens is 4. The van der Waals surface area contributed by atoms with Crippen molar-refractivity contribution in [2.75, 3.05) is 50.0 Å². The van der Waals surface area contributed by atoms with E-state index in [1.807, 2.05) is 87.9 Å². The fourth-order valence-corrected chi connectivity index (χ4v) is 6.26. The Morgan fingerprint density at radius 1 is 1.00 bits per heavy atom. The van der Waals surface area contributed by atoms with Gasteiger partial charge in [-0.15, -0.1) is 0 Å². The zero-order valence-corrected chi connectivity index (χ0v) is 29.3. The van der Waals surface area contributed by atoms with Crippen molar-refractivity contribution >= 4 is 28.6 Å². The highest BCUT2D eigenvalue weighted by molar-refractivity contribution is 6.05. The van der Waals surface area contributed by atoms with E-state index in [0.717, 1.165) is 76.7 Å². The summed E-state index contributed by atoms with van der Waals surface area (Å²) in [4.78, 5) is 23.1. The quantitative estimate of drug-likeness (QED) is 0.188. The molecule has 1 amide bonds. The van der Waals surface area contributed by atoms with Gasteiger partial charge in [0.05, 0.1) is 41.9 Å². The van der Waals surface area contributed by atoms with Crippen molar-refractivity contribution in [1.82, 2.24) is 29.0 Å². The molecule has 256 valence electrons. The molecule has 6 rings (SSSR count). The van der Waals surface area contributed by atoms with Crippen molar-refractivity contribution in [1.29, 1.82) is 5.26 Å². The maximum absolute atomic E-state index is 13.8. The Morgan fingerprint density at radius 2 is 1.78 bits per heavy atom. The van der Waals surface area contributed by atoms with Gasteiger partial charge in [-0.3, -0.25) is 23.7 Å². The van der Waals surface area contributed by atoms with Crippen LogP contribution >= 0.6 is 0 Å². The van der Waals surface area contributed by atoms with Crippen molar-refractivity contribution in [3.05, 3.63) is 106 Å². The van der Waals surface area contributed by atoms with E-state index < -0.39 is 5.41 Å². The third-order valence-corrected chi connectivity index (χ3v) is 9.20. The largest absolute Gasteiger partial charge is 0.395 e. The number of nitrogens with zero attached hydrogens (tertiary/aromatic N) is 7. The molecule has 0 radical (unpaired) electrons. The third-order valence-electron chi connectivity index (χ3n) is 9.20. The zero-order chi connectivity index (χ0) is 35.4. The molecule has 11 nitrogen and oxygen atoms in total. The Hall–Kier alpha value is -5.46. The predicted molar refractivity (Wildman–Crippen MR) is 195 cm³/mol. The lowest BCUT2D eigenvalue weighted by molar-refractivity contribution is 0.102. The molecule has 11 heteroatoms. The summed E-state index contributed by atoms with van der Waals surface area (Å²) < 4.78 is 3.67. The molecule has 0 aliphatic carbocycles. The van der Waals surface area contributed by atoms with Crippen LogP contribution in [0.3, 0.4) is 0 Å². The van der Waals surface area contributed by atoms with E-state index in [9.17, 15) is 15.2 Å². The first-order chi connectivity index (χ1) is 24.0. The molecule has 0 saturated carbocycles. The topological polar surface area (TPSA) is 127 Å². The van der Waals surface area contributed by atoms with E-state index in [4.69, 9.17) is 0 Å². The third kappa shape index (κ3) is 7.72. The fraction of sp³-hybridized carbons (Fsp3) is 0.333. The van der Waals surface area contributed by atoms with Crippen LogP contribution in [0.2, 0.25) is 0 Å². The summed E-state index contributed by atoms with van der Waals surface area (Å²) in [6.07, 6.45) is 7.33. The second kappa shape index (κ2) is 14.6. The van der Waals surface area contributed by atoms with Gasteiger partial charge in [0.15, 0.2) is 5.65 Å². The Morgan fingerprint density at radius 3 is 2.50 bits per heavy atom. The number of amides is 1. The maximum atomic E-state index is 13.8. The summed E-state index contributed by atoms with van der Waals surface area (Å²) in [5.41, 5.74) is 8.08. The van der Waals surface area contributed by atoms with E-state index in [1.54, 1.807) is 17.1 Å². The van der Waals surface area contributed by atoms with Gasteiger partial charge in [0.1, 0.15) is 5.69 Å². The van der Waals surface area contributed by atoms with Crippen molar-refractivity contribution in [3.8, 4) is 17.9 Å². The number of hydrogen-bond acceptors (Lipinski definition) is 8. The first kappa shape index (κ1) is 34.4. The molecule has 0 unspecified atom stereocenters. The minimum absolute atomic E-state index is 0.164. The number of carbonyl (C=O) groups excluding carboxylic acids is 1. The molecular weight excluding hydrogens is 626 g/mol. The molecule has 0 spiro atoms. The summed E-state index contributed by atoms with van der Waals surface area (Å²) in [5.74, 6) is 6.32. The van der Waals surface area contributed by atoms with E-state index in [1.165, 1.54) is 0 Å². The van der Waals surface area contributed by atoms with Crippen molar-refractivity contribution < 1.29 is 9.90 Å². The summed E-state index contributed by atoms with van der Waals surface area (Å²) in [6, 6.07) is 16.1. The van der Waals surface area contributed by atoms with Crippen LogP contribution in [0, 0.1) is 37.0 Å². The van der Waals surface area contributed by atoms with Gasteiger partial charge in [0, 0.05) is 75.5 Å². The minimum atomic E-state index is -0.731. The summed E-state index contributed by atoms with van der Waals surface area (Å²) in [7, 11) is 1.87. The lowest BCUT2D eigenvalue weighted by Gasteiger charge is -2.34. The molecule has 0 bridgehead atoms. The first-order valence-electron chi connectivity index (χ1n) is 16.8. The molecule has 2 aromatic carbocycles. The van der Waals surface area contributed by atoms with Gasteiger partial charge >= 0.3 is 0 Å². The molecule has 4 heterocycles. The molecule has 1 aliphatic heterocycles. The molecular formula is C39H43N9O2. The lowest BCUT2D eigenvalue weighted by Crippen LogP contribution is -2.46. The molecule has 50 heavy (non-hydrogen) atoms. The van der Waals surface area contributed by atoms with Crippen LogP contribution in [0.1, 0.15) is 57.7 Å². The standard InChI is InChI=1S/C39H43N9O2/c1-27-17-28(2)35(20-30(27)8-9-34-23-41-37-36(7-6-10-48(34)37)43-33-22-42-45(5)25-33)38(50)44-32-19-29(18-31(21-32)39(3,4)26-40)24-47-13-11-46(12-14-47)15-16-49/h6-7,10,17-23,25,43,49H,11-16,24H2,1-5H3,(H,44,50). The Balaban J connectivity index is 1.24. The van der Waals surface area contributed by atoms with Crippen molar-refractivity contribution in [2.24, 2.45) is 7.05 Å². The molecule has 3 N–H and O–H groups in total. The van der Waals surface area contributed by atoms with Crippen LogP contribution in [0.5, 0.6) is 0 Å². The summed E-state index contributed by atoms with van der Waals surface area (Å²) in [5, 5.41) is 30.0. The summed E-state index contributed by atoms with van der Waals surface area (Å²) >= 11 is 0. The minimum Gasteiger partial charge on any atom is -0.395 e. The van der Waals surface area contributed by atoms with E-state index in [2.05, 4.69) is 54.5 Å². The SMILES string of the molecule is Cc1cc(C)c(C(=O)Nc2cc(CN3CCN(CCO)CC3)cc(C(C)(C)C#N)c2)cc1C#Cc1cnc2c(Nc3cnn(C)c3)cccn12.